The molecule has 1 amide bonds. The topological polar surface area (TPSA) is 81.4 Å². The van der Waals surface area contributed by atoms with Gasteiger partial charge in [-0.25, -0.2) is 4.79 Å². The second kappa shape index (κ2) is 5.17. The first-order chi connectivity index (χ1) is 8.97. The van der Waals surface area contributed by atoms with Crippen molar-refractivity contribution in [2.45, 2.75) is 22.9 Å². The molecule has 1 aliphatic heterocycles. The number of alkyl halides is 1. The standard InChI is InChI=1S/C13H11IN2O3/c14-13(12(18)19)5-4-11(17)16(13)8-10-3-1-2-9(6-10)7-15/h1-3,6H,4-5,8H2,(H,18,19). The number of nitrogens with zero attached hydrogens (tertiary/aromatic N) is 2. The molecule has 0 bridgehead atoms. The SMILES string of the molecule is N#Cc1cccc(CN2C(=O)CCC2(I)C(=O)O)c1. The molecule has 0 saturated carbocycles. The van der Waals surface area contributed by atoms with Crippen molar-refractivity contribution in [2.24, 2.45) is 0 Å². The van der Waals surface area contributed by atoms with Crippen LogP contribution in [0.5, 0.6) is 0 Å². The molecule has 1 aromatic carbocycles. The second-order valence-electron chi connectivity index (χ2n) is 4.36. The van der Waals surface area contributed by atoms with Crippen LogP contribution < -0.4 is 0 Å². The van der Waals surface area contributed by atoms with E-state index >= 15 is 0 Å². The lowest BCUT2D eigenvalue weighted by Crippen LogP contribution is -2.46. The van der Waals surface area contributed by atoms with Crippen molar-refractivity contribution in [3.8, 4) is 6.07 Å². The Labute approximate surface area is 124 Å². The molecule has 1 heterocycles. The first-order valence-corrected chi connectivity index (χ1v) is 6.77. The van der Waals surface area contributed by atoms with E-state index in [1.165, 1.54) is 4.90 Å². The van der Waals surface area contributed by atoms with Gasteiger partial charge in [0.25, 0.3) is 0 Å². The lowest BCUT2D eigenvalue weighted by Gasteiger charge is -2.29. The molecule has 1 saturated heterocycles. The van der Waals surface area contributed by atoms with Gasteiger partial charge in [0.15, 0.2) is 3.55 Å². The van der Waals surface area contributed by atoms with Crippen LogP contribution in [-0.2, 0) is 16.1 Å². The molecule has 1 atom stereocenters. The molecule has 1 aromatic rings. The van der Waals surface area contributed by atoms with Gasteiger partial charge in [0.1, 0.15) is 0 Å². The molecule has 1 fully saturated rings. The Kier molecular flexibility index (Phi) is 3.75. The lowest BCUT2D eigenvalue weighted by molar-refractivity contribution is -0.147. The Balaban J connectivity index is 2.28. The fourth-order valence-electron chi connectivity index (χ4n) is 2.10. The van der Waals surface area contributed by atoms with Gasteiger partial charge >= 0.3 is 5.97 Å². The Bertz CT molecular complexity index is 581. The van der Waals surface area contributed by atoms with Gasteiger partial charge in [0.05, 0.1) is 11.6 Å². The lowest BCUT2D eigenvalue weighted by atomic mass is 10.1. The maximum Gasteiger partial charge on any atom is 0.340 e. The quantitative estimate of drug-likeness (QED) is 0.501. The normalized spacial score (nSPS) is 22.3. The summed E-state index contributed by atoms with van der Waals surface area (Å²) in [4.78, 5) is 24.6. The fraction of sp³-hybridized carbons (Fsp3) is 0.308. The van der Waals surface area contributed by atoms with Gasteiger partial charge in [0.2, 0.25) is 5.91 Å². The molecular weight excluding hydrogens is 359 g/mol. The summed E-state index contributed by atoms with van der Waals surface area (Å²) in [5.41, 5.74) is 1.26. The molecule has 1 aliphatic rings. The van der Waals surface area contributed by atoms with E-state index in [9.17, 15) is 14.7 Å². The third kappa shape index (κ3) is 2.56. The van der Waals surface area contributed by atoms with E-state index in [1.54, 1.807) is 24.3 Å². The van der Waals surface area contributed by atoms with Crippen LogP contribution in [0.1, 0.15) is 24.0 Å². The number of halogens is 1. The number of hydrogen-bond acceptors (Lipinski definition) is 3. The van der Waals surface area contributed by atoms with Crippen molar-refractivity contribution >= 4 is 34.5 Å². The van der Waals surface area contributed by atoms with Crippen LogP contribution in [0, 0.1) is 11.3 Å². The number of aliphatic carboxylic acids is 1. The highest BCUT2D eigenvalue weighted by Gasteiger charge is 2.49. The molecule has 0 spiro atoms. The number of hydrogen-bond donors (Lipinski definition) is 1. The number of carbonyl (C=O) groups excluding carboxylic acids is 1. The average Bonchev–Trinajstić information content (AvgIpc) is 2.69. The first kappa shape index (κ1) is 13.8. The summed E-state index contributed by atoms with van der Waals surface area (Å²) in [5, 5.41) is 18.1. The van der Waals surface area contributed by atoms with Crippen molar-refractivity contribution in [3.05, 3.63) is 35.4 Å². The van der Waals surface area contributed by atoms with Crippen molar-refractivity contribution in [1.82, 2.24) is 4.90 Å². The molecule has 19 heavy (non-hydrogen) atoms. The number of carboxylic acids is 1. The van der Waals surface area contributed by atoms with Crippen molar-refractivity contribution < 1.29 is 14.7 Å². The van der Waals surface area contributed by atoms with Gasteiger partial charge in [-0.1, -0.05) is 12.1 Å². The van der Waals surface area contributed by atoms with Crippen LogP contribution in [0.3, 0.4) is 0 Å². The van der Waals surface area contributed by atoms with Gasteiger partial charge in [-0.05, 0) is 46.7 Å². The fourth-order valence-corrected chi connectivity index (χ4v) is 2.81. The minimum atomic E-state index is -1.18. The zero-order chi connectivity index (χ0) is 14.0. The van der Waals surface area contributed by atoms with Crippen LogP contribution in [0.25, 0.3) is 0 Å². The highest BCUT2D eigenvalue weighted by atomic mass is 127. The monoisotopic (exact) mass is 370 g/mol. The zero-order valence-corrected chi connectivity index (χ0v) is 12.1. The first-order valence-electron chi connectivity index (χ1n) is 5.69. The largest absolute Gasteiger partial charge is 0.479 e. The van der Waals surface area contributed by atoms with Gasteiger partial charge < -0.3 is 10.0 Å². The Morgan fingerprint density at radius 2 is 2.32 bits per heavy atom. The molecule has 5 nitrogen and oxygen atoms in total. The van der Waals surface area contributed by atoms with Crippen LogP contribution in [-0.4, -0.2) is 25.4 Å². The van der Waals surface area contributed by atoms with Crippen LogP contribution in [0.2, 0.25) is 0 Å². The number of rotatable bonds is 3. The predicted molar refractivity (Wildman–Crippen MR) is 75.3 cm³/mol. The van der Waals surface area contributed by atoms with Crippen molar-refractivity contribution in [2.75, 3.05) is 0 Å². The average molecular weight is 370 g/mol. The van der Waals surface area contributed by atoms with E-state index in [0.717, 1.165) is 5.56 Å². The van der Waals surface area contributed by atoms with E-state index in [4.69, 9.17) is 5.26 Å². The molecule has 0 aromatic heterocycles. The summed E-state index contributed by atoms with van der Waals surface area (Å²) in [6.07, 6.45) is 0.548. The summed E-state index contributed by atoms with van der Waals surface area (Å²) in [7, 11) is 0. The number of carboxylic acid groups (broad SMARTS) is 1. The molecule has 2 rings (SSSR count). The summed E-state index contributed by atoms with van der Waals surface area (Å²) in [6, 6.07) is 8.88. The van der Waals surface area contributed by atoms with Crippen molar-refractivity contribution in [1.29, 1.82) is 5.26 Å². The molecule has 1 unspecified atom stereocenters. The van der Waals surface area contributed by atoms with Gasteiger partial charge in [0, 0.05) is 13.0 Å². The van der Waals surface area contributed by atoms with E-state index in [1.807, 2.05) is 28.7 Å². The Hall–Kier alpha value is -1.62. The number of likely N-dealkylation sites (tertiary alicyclic amines) is 1. The smallest absolute Gasteiger partial charge is 0.340 e. The highest BCUT2D eigenvalue weighted by Crippen LogP contribution is 2.37. The summed E-state index contributed by atoms with van der Waals surface area (Å²) >= 11 is 1.82. The molecule has 6 heteroatoms. The van der Waals surface area contributed by atoms with Gasteiger partial charge in [-0.3, -0.25) is 4.79 Å². The van der Waals surface area contributed by atoms with E-state index < -0.39 is 9.51 Å². The van der Waals surface area contributed by atoms with Crippen LogP contribution >= 0.6 is 22.6 Å². The predicted octanol–water partition coefficient (Wildman–Crippen LogP) is 1.90. The maximum atomic E-state index is 11.8. The van der Waals surface area contributed by atoms with E-state index in [2.05, 4.69) is 0 Å². The van der Waals surface area contributed by atoms with Gasteiger partial charge in [-0.2, -0.15) is 5.26 Å². The third-order valence-electron chi connectivity index (χ3n) is 3.12. The number of carbonyl (C=O) groups is 2. The maximum absolute atomic E-state index is 11.8. The third-order valence-corrected chi connectivity index (χ3v) is 4.71. The van der Waals surface area contributed by atoms with Crippen LogP contribution in [0.15, 0.2) is 24.3 Å². The molecule has 0 radical (unpaired) electrons. The summed E-state index contributed by atoms with van der Waals surface area (Å²) < 4.78 is -1.18. The minimum Gasteiger partial charge on any atom is -0.479 e. The minimum absolute atomic E-state index is 0.167. The van der Waals surface area contributed by atoms with E-state index in [-0.39, 0.29) is 18.9 Å². The highest BCUT2D eigenvalue weighted by molar-refractivity contribution is 14.1. The number of amides is 1. The van der Waals surface area contributed by atoms with E-state index in [0.29, 0.717) is 12.0 Å². The molecule has 1 N–H and O–H groups in total. The molecule has 98 valence electrons. The Morgan fingerprint density at radius 1 is 1.58 bits per heavy atom. The second-order valence-corrected chi connectivity index (χ2v) is 6.14. The number of benzene rings is 1. The van der Waals surface area contributed by atoms with Gasteiger partial charge in [-0.15, -0.1) is 0 Å². The summed E-state index contributed by atoms with van der Waals surface area (Å²) in [5.74, 6) is -1.17. The Morgan fingerprint density at radius 3 is 2.95 bits per heavy atom. The zero-order valence-electron chi connectivity index (χ0n) is 9.97. The molecule has 0 aliphatic carbocycles. The van der Waals surface area contributed by atoms with Crippen LogP contribution in [0.4, 0.5) is 0 Å². The molecular formula is C13H11IN2O3. The van der Waals surface area contributed by atoms with Crippen molar-refractivity contribution in [3.63, 3.8) is 0 Å². The number of nitriles is 1. The summed E-state index contributed by atoms with van der Waals surface area (Å²) in [6.45, 7) is 0.212.